The summed E-state index contributed by atoms with van der Waals surface area (Å²) in [7, 11) is 0. The van der Waals surface area contributed by atoms with Gasteiger partial charge in [-0.2, -0.15) is 0 Å². The van der Waals surface area contributed by atoms with Gasteiger partial charge in [0.25, 0.3) is 0 Å². The number of ketones is 1. The number of carbonyl (C=O) groups excluding carboxylic acids is 1. The van der Waals surface area contributed by atoms with E-state index >= 15 is 0 Å². The number of thiophene rings is 1. The van der Waals surface area contributed by atoms with Crippen molar-refractivity contribution < 1.29 is 14.7 Å². The topological polar surface area (TPSA) is 72.2 Å². The van der Waals surface area contributed by atoms with E-state index in [0.29, 0.717) is 4.88 Å². The lowest BCUT2D eigenvalue weighted by Gasteiger charge is -2.12. The summed E-state index contributed by atoms with van der Waals surface area (Å²) in [5, 5.41) is 10.9. The Morgan fingerprint density at radius 3 is 2.88 bits per heavy atom. The first-order chi connectivity index (χ1) is 8.18. The summed E-state index contributed by atoms with van der Waals surface area (Å²) < 4.78 is 1.42. The van der Waals surface area contributed by atoms with E-state index < -0.39 is 12.0 Å². The van der Waals surface area contributed by atoms with E-state index in [9.17, 15) is 9.59 Å². The van der Waals surface area contributed by atoms with Gasteiger partial charge in [0.1, 0.15) is 6.04 Å². The van der Waals surface area contributed by atoms with E-state index in [1.165, 1.54) is 28.4 Å². The predicted molar refractivity (Wildman–Crippen MR) is 62.2 cm³/mol. The van der Waals surface area contributed by atoms with E-state index in [1.54, 1.807) is 23.7 Å². The fourth-order valence-electron chi connectivity index (χ4n) is 1.49. The highest BCUT2D eigenvalue weighted by Gasteiger charge is 2.23. The molecule has 2 aromatic rings. The van der Waals surface area contributed by atoms with Crippen molar-refractivity contribution in [3.05, 3.63) is 41.1 Å². The number of imidazole rings is 1. The maximum absolute atomic E-state index is 11.8. The maximum atomic E-state index is 11.8. The fourth-order valence-corrected chi connectivity index (χ4v) is 2.16. The molecule has 0 aromatic carbocycles. The van der Waals surface area contributed by atoms with Crippen LogP contribution in [0.3, 0.4) is 0 Å². The summed E-state index contributed by atoms with van der Waals surface area (Å²) in [6.45, 7) is 0. The van der Waals surface area contributed by atoms with Crippen molar-refractivity contribution in [2.24, 2.45) is 0 Å². The molecule has 2 rings (SSSR count). The molecule has 17 heavy (non-hydrogen) atoms. The smallest absolute Gasteiger partial charge is 0.327 e. The van der Waals surface area contributed by atoms with Crippen LogP contribution in [0.15, 0.2) is 36.2 Å². The number of rotatable bonds is 5. The van der Waals surface area contributed by atoms with E-state index in [0.717, 1.165) is 0 Å². The maximum Gasteiger partial charge on any atom is 0.327 e. The third-order valence-electron chi connectivity index (χ3n) is 2.34. The summed E-state index contributed by atoms with van der Waals surface area (Å²) in [4.78, 5) is 27.3. The summed E-state index contributed by atoms with van der Waals surface area (Å²) in [6.07, 6.45) is 4.37. The molecule has 0 saturated carbocycles. The number of Topliss-reactive ketones (excluding diaryl/α,β-unsaturated/α-hetero) is 1. The highest BCUT2D eigenvalue weighted by molar-refractivity contribution is 7.12. The van der Waals surface area contributed by atoms with Crippen LogP contribution in [-0.2, 0) is 4.79 Å². The summed E-state index contributed by atoms with van der Waals surface area (Å²) >= 11 is 1.31. The fraction of sp³-hybridized carbons (Fsp3) is 0.182. The van der Waals surface area contributed by atoms with Crippen molar-refractivity contribution in [3.8, 4) is 0 Å². The molecule has 0 amide bonds. The molecule has 0 aliphatic carbocycles. The lowest BCUT2D eigenvalue weighted by molar-refractivity contribution is -0.140. The average Bonchev–Trinajstić information content (AvgIpc) is 2.97. The van der Waals surface area contributed by atoms with Crippen LogP contribution in [0.25, 0.3) is 0 Å². The first-order valence-corrected chi connectivity index (χ1v) is 5.83. The highest BCUT2D eigenvalue weighted by atomic mass is 32.1. The molecule has 2 heterocycles. The minimum atomic E-state index is -1.03. The van der Waals surface area contributed by atoms with Gasteiger partial charge in [0.15, 0.2) is 5.78 Å². The van der Waals surface area contributed by atoms with Crippen LogP contribution >= 0.6 is 11.3 Å². The van der Waals surface area contributed by atoms with Gasteiger partial charge in [0, 0.05) is 18.8 Å². The van der Waals surface area contributed by atoms with Crippen molar-refractivity contribution in [2.45, 2.75) is 12.5 Å². The SMILES string of the molecule is O=C(CC(C(=O)O)n1ccnc1)c1cccs1. The molecule has 0 fully saturated rings. The predicted octanol–water partition coefficient (Wildman–Crippen LogP) is 1.84. The molecule has 2 aromatic heterocycles. The lowest BCUT2D eigenvalue weighted by Crippen LogP contribution is -2.21. The third-order valence-corrected chi connectivity index (χ3v) is 3.26. The van der Waals surface area contributed by atoms with Gasteiger partial charge in [-0.05, 0) is 11.4 Å². The second-order valence-corrected chi connectivity index (χ2v) is 4.42. The van der Waals surface area contributed by atoms with Crippen LogP contribution in [0, 0.1) is 0 Å². The number of hydrogen-bond donors (Lipinski definition) is 1. The normalized spacial score (nSPS) is 12.2. The second-order valence-electron chi connectivity index (χ2n) is 3.47. The largest absolute Gasteiger partial charge is 0.480 e. The number of hydrogen-bond acceptors (Lipinski definition) is 4. The molecular weight excluding hydrogens is 240 g/mol. The van der Waals surface area contributed by atoms with Crippen LogP contribution in [0.4, 0.5) is 0 Å². The molecule has 0 spiro atoms. The summed E-state index contributed by atoms with van der Waals surface area (Å²) in [5.41, 5.74) is 0. The van der Waals surface area contributed by atoms with Crippen molar-refractivity contribution >= 4 is 23.1 Å². The molecule has 0 bridgehead atoms. The minimum absolute atomic E-state index is 0.0633. The van der Waals surface area contributed by atoms with Gasteiger partial charge in [-0.1, -0.05) is 6.07 Å². The van der Waals surface area contributed by atoms with Crippen LogP contribution in [0.2, 0.25) is 0 Å². The number of carboxylic acid groups (broad SMARTS) is 1. The molecule has 1 unspecified atom stereocenters. The van der Waals surface area contributed by atoms with Gasteiger partial charge in [-0.25, -0.2) is 9.78 Å². The average molecular weight is 250 g/mol. The molecule has 1 atom stereocenters. The zero-order valence-corrected chi connectivity index (χ0v) is 9.63. The Morgan fingerprint density at radius 2 is 2.35 bits per heavy atom. The summed E-state index contributed by atoms with van der Waals surface area (Å²) in [6, 6.07) is 2.57. The first-order valence-electron chi connectivity index (χ1n) is 4.95. The van der Waals surface area contributed by atoms with Crippen LogP contribution in [0.1, 0.15) is 22.1 Å². The molecule has 0 saturated heterocycles. The van der Waals surface area contributed by atoms with E-state index in [-0.39, 0.29) is 12.2 Å². The zero-order valence-electron chi connectivity index (χ0n) is 8.81. The molecule has 0 radical (unpaired) electrons. The number of aliphatic carboxylic acids is 1. The molecule has 6 heteroatoms. The van der Waals surface area contributed by atoms with Crippen molar-refractivity contribution in [2.75, 3.05) is 0 Å². The Morgan fingerprint density at radius 1 is 1.53 bits per heavy atom. The Bertz CT molecular complexity index is 505. The molecule has 1 N–H and O–H groups in total. The monoisotopic (exact) mass is 250 g/mol. The number of carbonyl (C=O) groups is 2. The Balaban J connectivity index is 2.14. The zero-order chi connectivity index (χ0) is 12.3. The van der Waals surface area contributed by atoms with Gasteiger partial charge < -0.3 is 9.67 Å². The van der Waals surface area contributed by atoms with Gasteiger partial charge in [0.2, 0.25) is 0 Å². The third kappa shape index (κ3) is 2.59. The molecule has 0 aliphatic rings. The van der Waals surface area contributed by atoms with Crippen LogP contribution < -0.4 is 0 Å². The molecule has 0 aliphatic heterocycles. The Kier molecular flexibility index (Phi) is 3.34. The van der Waals surface area contributed by atoms with Gasteiger partial charge in [-0.15, -0.1) is 11.3 Å². The number of nitrogens with zero attached hydrogens (tertiary/aromatic N) is 2. The van der Waals surface area contributed by atoms with E-state index in [1.807, 2.05) is 0 Å². The van der Waals surface area contributed by atoms with Crippen molar-refractivity contribution in [1.29, 1.82) is 0 Å². The molecule has 88 valence electrons. The van der Waals surface area contributed by atoms with E-state index in [2.05, 4.69) is 4.98 Å². The van der Waals surface area contributed by atoms with E-state index in [4.69, 9.17) is 5.11 Å². The first kappa shape index (κ1) is 11.5. The van der Waals surface area contributed by atoms with Gasteiger partial charge in [0.05, 0.1) is 11.2 Å². The Labute approximate surface area is 101 Å². The number of aromatic nitrogens is 2. The van der Waals surface area contributed by atoms with Gasteiger partial charge in [-0.3, -0.25) is 4.79 Å². The lowest BCUT2D eigenvalue weighted by atomic mass is 10.1. The minimum Gasteiger partial charge on any atom is -0.480 e. The molecular formula is C11H10N2O3S. The second kappa shape index (κ2) is 4.92. The standard InChI is InChI=1S/C11H10N2O3S/c14-9(10-2-1-5-17-10)6-8(11(15)16)13-4-3-12-7-13/h1-5,7-8H,6H2,(H,15,16). The van der Waals surface area contributed by atoms with Crippen molar-refractivity contribution in [1.82, 2.24) is 9.55 Å². The van der Waals surface area contributed by atoms with Crippen molar-refractivity contribution in [3.63, 3.8) is 0 Å². The Hall–Kier alpha value is -1.95. The highest BCUT2D eigenvalue weighted by Crippen LogP contribution is 2.18. The van der Waals surface area contributed by atoms with Gasteiger partial charge >= 0.3 is 5.97 Å². The number of carboxylic acids is 1. The summed E-state index contributed by atoms with van der Waals surface area (Å²) in [5.74, 6) is -1.20. The van der Waals surface area contributed by atoms with Crippen LogP contribution in [0.5, 0.6) is 0 Å². The van der Waals surface area contributed by atoms with Crippen LogP contribution in [-0.4, -0.2) is 26.4 Å². The molecule has 5 nitrogen and oxygen atoms in total. The quantitative estimate of drug-likeness (QED) is 0.822.